The number of alkyl halides is 3. The lowest BCUT2D eigenvalue weighted by molar-refractivity contribution is -0.274. The van der Waals surface area contributed by atoms with E-state index in [4.69, 9.17) is 15.6 Å². The van der Waals surface area contributed by atoms with Gasteiger partial charge < -0.3 is 34.9 Å². The minimum atomic E-state index is -4.78. The first-order valence-corrected chi connectivity index (χ1v) is 12.5. The number of hydrogen-bond donors (Lipinski definition) is 3. The molecule has 1 aliphatic rings. The van der Waals surface area contributed by atoms with Crippen molar-refractivity contribution in [1.82, 2.24) is 14.5 Å². The number of hydrogen-bond acceptors (Lipinski definition) is 7. The molecule has 0 bridgehead atoms. The van der Waals surface area contributed by atoms with Gasteiger partial charge in [0.25, 0.3) is 5.91 Å². The molecule has 1 atom stereocenters. The summed E-state index contributed by atoms with van der Waals surface area (Å²) < 4.78 is 48.5. The Bertz CT molecular complexity index is 1320. The molecule has 1 unspecified atom stereocenters. The van der Waals surface area contributed by atoms with Crippen LogP contribution in [0.15, 0.2) is 55.0 Å². The first kappa shape index (κ1) is 28.9. The number of aliphatic hydroxyl groups is 2. The SMILES string of the molecule is NC(=O)c1cc(-c2cn(CC(O)CO)cn2)ccc1OC1CCN(C(=O)Cc2ccc(OC(F)(F)F)cc2)CC1. The van der Waals surface area contributed by atoms with Gasteiger partial charge in [0.1, 0.15) is 17.6 Å². The molecule has 0 spiro atoms. The minimum Gasteiger partial charge on any atom is -0.489 e. The number of carbonyl (C=O) groups is 2. The molecule has 0 aliphatic carbocycles. The van der Waals surface area contributed by atoms with Gasteiger partial charge in [-0.3, -0.25) is 9.59 Å². The quantitative estimate of drug-likeness (QED) is 0.345. The zero-order valence-corrected chi connectivity index (χ0v) is 21.4. The molecule has 2 aromatic carbocycles. The number of nitrogens with zero attached hydrogens (tertiary/aromatic N) is 3. The van der Waals surface area contributed by atoms with Crippen molar-refractivity contribution in [3.63, 3.8) is 0 Å². The predicted octanol–water partition coefficient (Wildman–Crippen LogP) is 2.51. The van der Waals surface area contributed by atoms with Crippen molar-refractivity contribution in [1.29, 1.82) is 0 Å². The summed E-state index contributed by atoms with van der Waals surface area (Å²) in [6.45, 7) is 0.619. The van der Waals surface area contributed by atoms with Crippen LogP contribution in [-0.4, -0.2) is 74.7 Å². The first-order chi connectivity index (χ1) is 19.0. The van der Waals surface area contributed by atoms with Gasteiger partial charge >= 0.3 is 6.36 Å². The van der Waals surface area contributed by atoms with Gasteiger partial charge in [0.05, 0.1) is 43.3 Å². The van der Waals surface area contributed by atoms with Crippen molar-refractivity contribution >= 4 is 11.8 Å². The number of benzene rings is 2. The number of halogens is 3. The molecule has 2 amide bonds. The van der Waals surface area contributed by atoms with E-state index in [1.165, 1.54) is 30.6 Å². The fraction of sp³-hybridized carbons (Fsp3) is 0.370. The third-order valence-corrected chi connectivity index (χ3v) is 6.41. The van der Waals surface area contributed by atoms with Gasteiger partial charge in [-0.05, 0) is 35.9 Å². The lowest BCUT2D eigenvalue weighted by Crippen LogP contribution is -2.42. The van der Waals surface area contributed by atoms with Crippen LogP contribution < -0.4 is 15.2 Å². The fourth-order valence-corrected chi connectivity index (χ4v) is 4.39. The van der Waals surface area contributed by atoms with Crippen LogP contribution in [0.4, 0.5) is 13.2 Å². The number of likely N-dealkylation sites (tertiary alicyclic amines) is 1. The molecule has 1 aliphatic heterocycles. The number of ether oxygens (including phenoxy) is 2. The van der Waals surface area contributed by atoms with Gasteiger partial charge in [-0.25, -0.2) is 4.98 Å². The molecular weight excluding hydrogens is 533 g/mol. The molecule has 214 valence electrons. The molecule has 13 heteroatoms. The minimum absolute atomic E-state index is 0.0415. The number of nitrogens with two attached hydrogens (primary N) is 1. The second kappa shape index (κ2) is 12.4. The first-order valence-electron chi connectivity index (χ1n) is 12.5. The summed E-state index contributed by atoms with van der Waals surface area (Å²) in [5, 5.41) is 18.6. The topological polar surface area (TPSA) is 140 Å². The van der Waals surface area contributed by atoms with E-state index in [9.17, 15) is 27.9 Å². The highest BCUT2D eigenvalue weighted by atomic mass is 19.4. The van der Waals surface area contributed by atoms with E-state index in [0.717, 1.165) is 0 Å². The summed E-state index contributed by atoms with van der Waals surface area (Å²) in [5.74, 6) is -0.864. The summed E-state index contributed by atoms with van der Waals surface area (Å²) in [6.07, 6.45) is -1.70. The second-order valence-corrected chi connectivity index (χ2v) is 9.43. The van der Waals surface area contributed by atoms with Gasteiger partial charge in [-0.2, -0.15) is 0 Å². The molecule has 0 radical (unpaired) electrons. The number of aromatic nitrogens is 2. The van der Waals surface area contributed by atoms with E-state index < -0.39 is 18.4 Å². The lowest BCUT2D eigenvalue weighted by atomic mass is 10.0. The average Bonchev–Trinajstić information content (AvgIpc) is 3.37. The molecule has 3 aromatic rings. The van der Waals surface area contributed by atoms with E-state index in [2.05, 4.69) is 9.72 Å². The lowest BCUT2D eigenvalue weighted by Gasteiger charge is -2.32. The maximum Gasteiger partial charge on any atom is 0.573 e. The molecule has 10 nitrogen and oxygen atoms in total. The monoisotopic (exact) mass is 562 g/mol. The summed E-state index contributed by atoms with van der Waals surface area (Å²) in [7, 11) is 0. The molecule has 40 heavy (non-hydrogen) atoms. The number of piperidine rings is 1. The number of aliphatic hydroxyl groups excluding tert-OH is 2. The van der Waals surface area contributed by atoms with Crippen LogP contribution in [0.1, 0.15) is 28.8 Å². The van der Waals surface area contributed by atoms with Crippen molar-refractivity contribution in [2.45, 2.75) is 44.4 Å². The van der Waals surface area contributed by atoms with E-state index in [0.29, 0.717) is 48.5 Å². The van der Waals surface area contributed by atoms with E-state index in [-0.39, 0.29) is 42.9 Å². The maximum absolute atomic E-state index is 12.7. The summed E-state index contributed by atoms with van der Waals surface area (Å²) in [4.78, 5) is 30.8. The average molecular weight is 563 g/mol. The Morgan fingerprint density at radius 1 is 1.12 bits per heavy atom. The molecule has 4 rings (SSSR count). The van der Waals surface area contributed by atoms with Gasteiger partial charge in [0, 0.05) is 37.7 Å². The highest BCUT2D eigenvalue weighted by molar-refractivity contribution is 5.97. The van der Waals surface area contributed by atoms with Crippen LogP contribution in [0.2, 0.25) is 0 Å². The zero-order chi connectivity index (χ0) is 28.9. The van der Waals surface area contributed by atoms with Crippen LogP contribution in [0.5, 0.6) is 11.5 Å². The van der Waals surface area contributed by atoms with Crippen molar-refractivity contribution in [2.24, 2.45) is 5.73 Å². The van der Waals surface area contributed by atoms with E-state index >= 15 is 0 Å². The summed E-state index contributed by atoms with van der Waals surface area (Å²) >= 11 is 0. The molecule has 1 saturated heterocycles. The summed E-state index contributed by atoms with van der Waals surface area (Å²) in [5.41, 5.74) is 7.53. The van der Waals surface area contributed by atoms with Crippen molar-refractivity contribution in [2.75, 3.05) is 19.7 Å². The van der Waals surface area contributed by atoms with Crippen molar-refractivity contribution < 1.29 is 42.4 Å². The predicted molar refractivity (Wildman–Crippen MR) is 136 cm³/mol. The highest BCUT2D eigenvalue weighted by Gasteiger charge is 2.31. The maximum atomic E-state index is 12.7. The smallest absolute Gasteiger partial charge is 0.489 e. The Hall–Kier alpha value is -4.10. The number of imidazole rings is 1. The Labute approximate surface area is 227 Å². The number of primary amides is 1. The number of amides is 2. The third-order valence-electron chi connectivity index (χ3n) is 6.41. The Kier molecular flexibility index (Phi) is 8.95. The Morgan fingerprint density at radius 2 is 1.82 bits per heavy atom. The zero-order valence-electron chi connectivity index (χ0n) is 21.4. The van der Waals surface area contributed by atoms with Crippen molar-refractivity contribution in [3.8, 4) is 22.8 Å². The Morgan fingerprint density at radius 3 is 2.45 bits per heavy atom. The molecular formula is C27H29F3N4O6. The van der Waals surface area contributed by atoms with Crippen molar-refractivity contribution in [3.05, 3.63) is 66.1 Å². The second-order valence-electron chi connectivity index (χ2n) is 9.43. The van der Waals surface area contributed by atoms with Crippen LogP contribution in [0.25, 0.3) is 11.3 Å². The normalized spacial score (nSPS) is 15.1. The van der Waals surface area contributed by atoms with E-state index in [1.54, 1.807) is 33.9 Å². The van der Waals surface area contributed by atoms with Gasteiger partial charge in [-0.15, -0.1) is 13.2 Å². The molecule has 2 heterocycles. The molecule has 4 N–H and O–H groups in total. The molecule has 0 saturated carbocycles. The molecule has 1 aromatic heterocycles. The largest absolute Gasteiger partial charge is 0.573 e. The van der Waals surface area contributed by atoms with Crippen LogP contribution in [0, 0.1) is 0 Å². The van der Waals surface area contributed by atoms with Crippen LogP contribution in [-0.2, 0) is 17.8 Å². The van der Waals surface area contributed by atoms with Crippen LogP contribution >= 0.6 is 0 Å². The standard InChI is InChI=1S/C27H29F3N4O6/c28-27(29,30)40-21-4-1-17(2-5-21)11-25(37)34-9-7-20(8-10-34)39-24-6-3-18(12-22(24)26(31)38)23-14-33(16-32-23)13-19(36)15-35/h1-6,12,14,16,19-20,35-36H,7-11,13,15H2,(H2,31,38). The Balaban J connectivity index is 1.33. The van der Waals surface area contributed by atoms with Gasteiger partial charge in [-0.1, -0.05) is 12.1 Å². The number of rotatable bonds is 10. The third kappa shape index (κ3) is 7.73. The molecule has 1 fully saturated rings. The van der Waals surface area contributed by atoms with Gasteiger partial charge in [0.2, 0.25) is 5.91 Å². The summed E-state index contributed by atoms with van der Waals surface area (Å²) in [6, 6.07) is 10.1. The number of carbonyl (C=O) groups excluding carboxylic acids is 2. The van der Waals surface area contributed by atoms with Crippen LogP contribution in [0.3, 0.4) is 0 Å². The van der Waals surface area contributed by atoms with E-state index in [1.807, 2.05) is 0 Å². The highest BCUT2D eigenvalue weighted by Crippen LogP contribution is 2.29. The fourth-order valence-electron chi connectivity index (χ4n) is 4.39. The van der Waals surface area contributed by atoms with Gasteiger partial charge in [0.15, 0.2) is 0 Å².